The average Bonchev–Trinajstić information content (AvgIpc) is 2.94. The molecule has 0 radical (unpaired) electrons. The zero-order valence-corrected chi connectivity index (χ0v) is 12.6. The van der Waals surface area contributed by atoms with Gasteiger partial charge in [-0.3, -0.25) is 4.57 Å². The fraction of sp³-hybridized carbons (Fsp3) is 0.462. The van der Waals surface area contributed by atoms with Crippen molar-refractivity contribution in [2.45, 2.75) is 38.9 Å². The van der Waals surface area contributed by atoms with Crippen LogP contribution in [0, 0.1) is 0 Å². The highest BCUT2D eigenvalue weighted by atomic mass is 16.7. The van der Waals surface area contributed by atoms with Crippen LogP contribution in [0.15, 0.2) is 24.9 Å². The van der Waals surface area contributed by atoms with Crippen molar-refractivity contribution in [1.82, 2.24) is 19.5 Å². The Morgan fingerprint density at radius 2 is 1.71 bits per heavy atom. The topological polar surface area (TPSA) is 88.1 Å². The molecule has 1 aliphatic rings. The second-order valence-corrected chi connectivity index (χ2v) is 6.09. The first-order chi connectivity index (χ1) is 9.78. The normalized spacial score (nSPS) is 19.9. The molecule has 0 amide bonds. The molecule has 0 bridgehead atoms. The van der Waals surface area contributed by atoms with Gasteiger partial charge in [-0.15, -0.1) is 0 Å². The van der Waals surface area contributed by atoms with Crippen molar-refractivity contribution in [3.63, 3.8) is 0 Å². The van der Waals surface area contributed by atoms with Gasteiger partial charge in [-0.05, 0) is 27.7 Å². The summed E-state index contributed by atoms with van der Waals surface area (Å²) in [5.74, 6) is 1.02. The Balaban J connectivity index is 1.85. The number of nitrogens with two attached hydrogens (primary N) is 1. The van der Waals surface area contributed by atoms with Crippen LogP contribution in [0.5, 0.6) is 0 Å². The molecule has 110 valence electrons. The third-order valence-corrected chi connectivity index (χ3v) is 4.02. The first kappa shape index (κ1) is 14.0. The first-order valence-electron chi connectivity index (χ1n) is 6.76. The Labute approximate surface area is 123 Å². The van der Waals surface area contributed by atoms with Crippen LogP contribution in [0.1, 0.15) is 27.7 Å². The number of nitrogen functional groups attached to an aromatic ring is 1. The van der Waals surface area contributed by atoms with Crippen LogP contribution < -0.4 is 11.3 Å². The summed E-state index contributed by atoms with van der Waals surface area (Å²) < 4.78 is 13.7. The van der Waals surface area contributed by atoms with Gasteiger partial charge in [-0.25, -0.2) is 15.0 Å². The van der Waals surface area contributed by atoms with Crippen LogP contribution in [0.2, 0.25) is 0 Å². The van der Waals surface area contributed by atoms with Gasteiger partial charge in [-0.1, -0.05) is 0 Å². The molecule has 2 N–H and O–H groups in total. The Morgan fingerprint density at radius 1 is 1.05 bits per heavy atom. The van der Waals surface area contributed by atoms with E-state index in [1.165, 1.54) is 6.20 Å². The summed E-state index contributed by atoms with van der Waals surface area (Å²) in [6.45, 7) is 8.04. The van der Waals surface area contributed by atoms with Gasteiger partial charge in [0.1, 0.15) is 5.82 Å². The molecule has 21 heavy (non-hydrogen) atoms. The molecule has 1 fully saturated rings. The van der Waals surface area contributed by atoms with Gasteiger partial charge < -0.3 is 15.0 Å². The summed E-state index contributed by atoms with van der Waals surface area (Å²) >= 11 is 0. The lowest BCUT2D eigenvalue weighted by molar-refractivity contribution is 0.00578. The Morgan fingerprint density at radius 3 is 2.29 bits per heavy atom. The minimum atomic E-state index is -0.488. The van der Waals surface area contributed by atoms with Crippen molar-refractivity contribution in [1.29, 1.82) is 0 Å². The molecule has 2 aromatic heterocycles. The zero-order chi connectivity index (χ0) is 15.3. The van der Waals surface area contributed by atoms with Gasteiger partial charge in [-0.2, -0.15) is 0 Å². The second kappa shape index (κ2) is 4.54. The number of nitrogens with zero attached hydrogens (tertiary/aromatic N) is 4. The minimum absolute atomic E-state index is 0.380. The average molecular weight is 287 g/mol. The van der Waals surface area contributed by atoms with E-state index in [0.29, 0.717) is 17.2 Å². The Hall–Kier alpha value is -1.93. The maximum atomic E-state index is 5.96. The summed E-state index contributed by atoms with van der Waals surface area (Å²) in [7, 11) is -0.488. The number of imidazole rings is 1. The molecule has 0 aliphatic carbocycles. The van der Waals surface area contributed by atoms with Crippen molar-refractivity contribution in [3.05, 3.63) is 24.9 Å². The van der Waals surface area contributed by atoms with Crippen molar-refractivity contribution in [2.24, 2.45) is 0 Å². The molecule has 0 atom stereocenters. The van der Waals surface area contributed by atoms with Gasteiger partial charge >= 0.3 is 7.12 Å². The third kappa shape index (κ3) is 2.40. The van der Waals surface area contributed by atoms with Crippen LogP contribution in [-0.4, -0.2) is 37.8 Å². The van der Waals surface area contributed by atoms with Crippen LogP contribution in [0.3, 0.4) is 0 Å². The van der Waals surface area contributed by atoms with Gasteiger partial charge in [0.05, 0.1) is 35.5 Å². The maximum Gasteiger partial charge on any atom is 0.516 e. The lowest BCUT2D eigenvalue weighted by atomic mass is 9.86. The van der Waals surface area contributed by atoms with Crippen molar-refractivity contribution in [2.75, 3.05) is 5.73 Å². The van der Waals surface area contributed by atoms with Crippen molar-refractivity contribution in [3.8, 4) is 5.82 Å². The molecule has 1 aliphatic heterocycles. The third-order valence-electron chi connectivity index (χ3n) is 4.02. The van der Waals surface area contributed by atoms with E-state index in [1.807, 2.05) is 33.9 Å². The number of anilines is 1. The monoisotopic (exact) mass is 287 g/mol. The van der Waals surface area contributed by atoms with Crippen LogP contribution in [0.25, 0.3) is 5.82 Å². The minimum Gasteiger partial charge on any atom is -0.398 e. The highest BCUT2D eigenvalue weighted by molar-refractivity contribution is 6.61. The Bertz CT molecular complexity index is 637. The SMILES string of the molecule is CC1(C)OB(c2cn(-c3cnc(N)cn3)cn2)OC1(C)C. The van der Waals surface area contributed by atoms with Crippen LogP contribution >= 0.6 is 0 Å². The molecule has 0 saturated carbocycles. The highest BCUT2D eigenvalue weighted by Crippen LogP contribution is 2.36. The van der Waals surface area contributed by atoms with Gasteiger partial charge in [0, 0.05) is 6.20 Å². The van der Waals surface area contributed by atoms with E-state index in [4.69, 9.17) is 15.0 Å². The molecule has 0 aromatic carbocycles. The number of rotatable bonds is 2. The highest BCUT2D eigenvalue weighted by Gasteiger charge is 2.52. The molecule has 7 nitrogen and oxygen atoms in total. The zero-order valence-electron chi connectivity index (χ0n) is 12.6. The van der Waals surface area contributed by atoms with E-state index in [0.717, 1.165) is 0 Å². The van der Waals surface area contributed by atoms with Gasteiger partial charge in [0.2, 0.25) is 0 Å². The van der Waals surface area contributed by atoms with E-state index in [2.05, 4.69) is 15.0 Å². The van der Waals surface area contributed by atoms with Crippen LogP contribution in [-0.2, 0) is 9.31 Å². The van der Waals surface area contributed by atoms with E-state index in [9.17, 15) is 0 Å². The smallest absolute Gasteiger partial charge is 0.398 e. The second-order valence-electron chi connectivity index (χ2n) is 6.09. The molecule has 8 heteroatoms. The van der Waals surface area contributed by atoms with Gasteiger partial charge in [0.15, 0.2) is 5.82 Å². The Kier molecular flexibility index (Phi) is 3.03. The van der Waals surface area contributed by atoms with Gasteiger partial charge in [0.25, 0.3) is 0 Å². The summed E-state index contributed by atoms with van der Waals surface area (Å²) in [4.78, 5) is 12.6. The number of aromatic nitrogens is 4. The molecule has 2 aromatic rings. The molecule has 3 heterocycles. The standard InChI is InChI=1S/C13H18BN5O2/c1-12(2)13(3,4)21-14(20-12)9-7-19(8-18-9)11-6-16-10(15)5-17-11/h5-8H,1-4H3,(H2,15,16). The summed E-state index contributed by atoms with van der Waals surface area (Å²) in [6, 6.07) is 0. The fourth-order valence-electron chi connectivity index (χ4n) is 2.01. The first-order valence-corrected chi connectivity index (χ1v) is 6.76. The molecular weight excluding hydrogens is 269 g/mol. The van der Waals surface area contributed by atoms with Crippen LogP contribution in [0.4, 0.5) is 5.82 Å². The van der Waals surface area contributed by atoms with E-state index < -0.39 is 7.12 Å². The lowest BCUT2D eigenvalue weighted by Crippen LogP contribution is -2.41. The molecule has 0 unspecified atom stereocenters. The fourth-order valence-corrected chi connectivity index (χ4v) is 2.01. The summed E-state index contributed by atoms with van der Waals surface area (Å²) in [5, 5.41) is 0. The molecule has 1 saturated heterocycles. The van der Waals surface area contributed by atoms with E-state index in [-0.39, 0.29) is 11.2 Å². The van der Waals surface area contributed by atoms with Crippen molar-refractivity contribution >= 4 is 18.5 Å². The largest absolute Gasteiger partial charge is 0.516 e. The summed E-state index contributed by atoms with van der Waals surface area (Å²) in [6.07, 6.45) is 6.57. The van der Waals surface area contributed by atoms with Crippen molar-refractivity contribution < 1.29 is 9.31 Å². The number of hydrogen-bond donors (Lipinski definition) is 1. The molecule has 0 spiro atoms. The molecular formula is C13H18BN5O2. The predicted molar refractivity (Wildman–Crippen MR) is 79.3 cm³/mol. The lowest BCUT2D eigenvalue weighted by Gasteiger charge is -2.32. The quantitative estimate of drug-likeness (QED) is 0.811. The number of hydrogen-bond acceptors (Lipinski definition) is 6. The maximum absolute atomic E-state index is 5.96. The van der Waals surface area contributed by atoms with E-state index in [1.54, 1.807) is 17.1 Å². The van der Waals surface area contributed by atoms with E-state index >= 15 is 0 Å². The summed E-state index contributed by atoms with van der Waals surface area (Å²) in [5.41, 5.74) is 5.46. The molecule has 3 rings (SSSR count). The predicted octanol–water partition coefficient (Wildman–Crippen LogP) is 0.544.